The lowest BCUT2D eigenvalue weighted by molar-refractivity contribution is 0.356. The first-order valence-electron chi connectivity index (χ1n) is 5.33. The summed E-state index contributed by atoms with van der Waals surface area (Å²) in [7, 11) is 10.3. The molecule has 0 aliphatic carbocycles. The van der Waals surface area contributed by atoms with Crippen LogP contribution in [0.4, 0.5) is 0 Å². The van der Waals surface area contributed by atoms with Gasteiger partial charge in [0.15, 0.2) is 11.5 Å². The molecule has 0 amide bonds. The summed E-state index contributed by atoms with van der Waals surface area (Å²) in [4.78, 5) is 2.34. The smallest absolute Gasteiger partial charge is 0.176 e. The van der Waals surface area contributed by atoms with Crippen molar-refractivity contribution in [2.45, 2.75) is 22.8 Å². The van der Waals surface area contributed by atoms with E-state index in [0.717, 1.165) is 30.0 Å². The summed E-state index contributed by atoms with van der Waals surface area (Å²) < 4.78 is 5.42. The van der Waals surface area contributed by atoms with Crippen LogP contribution in [-0.4, -0.2) is 18.8 Å². The molecule has 2 N–H and O–H groups in total. The van der Waals surface area contributed by atoms with Crippen molar-refractivity contribution in [2.24, 2.45) is 0 Å². The van der Waals surface area contributed by atoms with Crippen molar-refractivity contribution in [1.82, 2.24) is 5.32 Å². The van der Waals surface area contributed by atoms with Gasteiger partial charge in [-0.2, -0.15) is 0 Å². The van der Waals surface area contributed by atoms with E-state index < -0.39 is 0 Å². The average Bonchev–Trinajstić information content (AvgIpc) is 2.65. The molecule has 3 nitrogen and oxygen atoms in total. The summed E-state index contributed by atoms with van der Waals surface area (Å²) in [5.74, 6) is 0.935. The number of methoxy groups -OCH3 is 1. The van der Waals surface area contributed by atoms with Gasteiger partial charge >= 0.3 is 0 Å². The Balaban J connectivity index is 2.23. The predicted octanol–water partition coefficient (Wildman–Crippen LogP) is 4.10. The number of phenolic OH excluding ortho intramolecular Hbond substituents is 1. The summed E-state index contributed by atoms with van der Waals surface area (Å²) in [6.45, 7) is 1.70. The second-order valence-electron chi connectivity index (χ2n) is 3.79. The van der Waals surface area contributed by atoms with Crippen LogP contribution in [0.25, 0.3) is 0 Å². The van der Waals surface area contributed by atoms with Crippen molar-refractivity contribution in [2.75, 3.05) is 13.7 Å². The monoisotopic (exact) mass is 337 g/mol. The van der Waals surface area contributed by atoms with E-state index in [1.165, 1.54) is 10.5 Å². The molecule has 0 saturated heterocycles. The number of hydrogen-bond donors (Lipinski definition) is 2. The third kappa shape index (κ3) is 2.31. The van der Waals surface area contributed by atoms with Gasteiger partial charge in [-0.15, -0.1) is 0 Å². The Hall–Kier alpha value is 0.530. The first-order chi connectivity index (χ1) is 8.83. The van der Waals surface area contributed by atoms with Crippen molar-refractivity contribution < 1.29 is 9.84 Å². The van der Waals surface area contributed by atoms with E-state index in [2.05, 4.69) is 5.32 Å². The van der Waals surface area contributed by atoms with E-state index in [1.807, 2.05) is 0 Å². The molecule has 18 heavy (non-hydrogen) atoms. The maximum Gasteiger partial charge on any atom is 0.176 e. The maximum absolute atomic E-state index is 10.4. The van der Waals surface area contributed by atoms with Gasteiger partial charge in [0, 0.05) is 17.0 Å². The number of nitrogens with one attached hydrogen (secondary N) is 1. The van der Waals surface area contributed by atoms with Gasteiger partial charge in [-0.1, -0.05) is 0 Å². The van der Waals surface area contributed by atoms with Crippen molar-refractivity contribution in [3.63, 3.8) is 0 Å². The molecule has 2 aliphatic heterocycles. The largest absolute Gasteiger partial charge is 0.504 e. The lowest BCUT2D eigenvalue weighted by Crippen LogP contribution is -2.24. The summed E-state index contributed by atoms with van der Waals surface area (Å²) in [5.41, 5.74) is 2.29. The standard InChI is InChI=1S/C10H11NO2S5/c1-13-8-7(12)6-4-11-3-2-5(6)9-10(8)15-17-18-16-14-9/h11-12H,2-4H2,1H3. The maximum atomic E-state index is 10.4. The Morgan fingerprint density at radius 3 is 2.67 bits per heavy atom. The summed E-state index contributed by atoms with van der Waals surface area (Å²) in [6, 6.07) is 0. The molecule has 1 aromatic rings. The van der Waals surface area contributed by atoms with E-state index in [0.29, 0.717) is 11.5 Å². The van der Waals surface area contributed by atoms with Gasteiger partial charge in [0.05, 0.1) is 12.0 Å². The van der Waals surface area contributed by atoms with Crippen LogP contribution in [0, 0.1) is 0 Å². The van der Waals surface area contributed by atoms with Crippen LogP contribution >= 0.6 is 51.1 Å². The first-order valence-corrected chi connectivity index (χ1v) is 11.5. The Morgan fingerprint density at radius 2 is 1.89 bits per heavy atom. The van der Waals surface area contributed by atoms with E-state index in [4.69, 9.17) is 4.74 Å². The Labute approximate surface area is 125 Å². The van der Waals surface area contributed by atoms with Crippen LogP contribution < -0.4 is 10.1 Å². The zero-order valence-corrected chi connectivity index (χ0v) is 13.6. The SMILES string of the molecule is COc1c(O)c2c(c3c1SSSSS3)CCNC2. The van der Waals surface area contributed by atoms with Gasteiger partial charge in [0.1, 0.15) is 0 Å². The first kappa shape index (κ1) is 13.5. The molecule has 0 fully saturated rings. The fourth-order valence-corrected chi connectivity index (χ4v) is 11.4. The number of benzene rings is 1. The van der Waals surface area contributed by atoms with Crippen molar-refractivity contribution in [3.8, 4) is 11.5 Å². The third-order valence-corrected chi connectivity index (χ3v) is 11.4. The molecular weight excluding hydrogens is 326 g/mol. The quantitative estimate of drug-likeness (QED) is 0.742. The van der Waals surface area contributed by atoms with Gasteiger partial charge in [0.25, 0.3) is 0 Å². The van der Waals surface area contributed by atoms with Gasteiger partial charge in [-0.05, 0) is 69.6 Å². The minimum Gasteiger partial charge on any atom is -0.504 e. The molecule has 1 aromatic carbocycles. The number of phenols is 1. The number of ether oxygens (including phenoxy) is 1. The predicted molar refractivity (Wildman–Crippen MR) is 84.6 cm³/mol. The van der Waals surface area contributed by atoms with Crippen LogP contribution in [0.3, 0.4) is 0 Å². The number of rotatable bonds is 1. The molecule has 3 rings (SSSR count). The van der Waals surface area contributed by atoms with Crippen LogP contribution in [0.1, 0.15) is 11.1 Å². The van der Waals surface area contributed by atoms with Gasteiger partial charge in [0.2, 0.25) is 0 Å². The molecule has 2 heterocycles. The van der Waals surface area contributed by atoms with Gasteiger partial charge < -0.3 is 15.2 Å². The number of hydrogen-bond acceptors (Lipinski definition) is 8. The normalized spacial score (nSPS) is 18.7. The highest BCUT2D eigenvalue weighted by Gasteiger charge is 2.28. The van der Waals surface area contributed by atoms with Crippen LogP contribution in [0.5, 0.6) is 11.5 Å². The second-order valence-corrected chi connectivity index (χ2v) is 11.3. The molecule has 0 unspecified atom stereocenters. The Morgan fingerprint density at radius 1 is 1.11 bits per heavy atom. The lowest BCUT2D eigenvalue weighted by atomic mass is 9.99. The minimum absolute atomic E-state index is 0.309. The van der Waals surface area contributed by atoms with Crippen LogP contribution in [0.15, 0.2) is 9.79 Å². The molecule has 0 bridgehead atoms. The summed E-state index contributed by atoms with van der Waals surface area (Å²) in [6.07, 6.45) is 0.971. The highest BCUT2D eigenvalue weighted by atomic mass is 33.8. The fraction of sp³-hybridized carbons (Fsp3) is 0.400. The van der Waals surface area contributed by atoms with Crippen molar-refractivity contribution >= 4 is 51.1 Å². The molecule has 98 valence electrons. The van der Waals surface area contributed by atoms with Gasteiger partial charge in [-0.25, -0.2) is 0 Å². The lowest BCUT2D eigenvalue weighted by Gasteiger charge is -2.24. The van der Waals surface area contributed by atoms with Crippen molar-refractivity contribution in [3.05, 3.63) is 11.1 Å². The zero-order chi connectivity index (χ0) is 12.5. The molecule has 0 aromatic heterocycles. The van der Waals surface area contributed by atoms with E-state index >= 15 is 0 Å². The molecular formula is C10H11NO2S5. The summed E-state index contributed by atoms with van der Waals surface area (Å²) >= 11 is 0. The van der Waals surface area contributed by atoms with Crippen molar-refractivity contribution in [1.29, 1.82) is 0 Å². The molecule has 8 heteroatoms. The minimum atomic E-state index is 0.309. The number of fused-ring (bicyclic) bond motifs is 3. The molecule has 0 radical (unpaired) electrons. The summed E-state index contributed by atoms with van der Waals surface area (Å²) in [5, 5.41) is 13.7. The third-order valence-electron chi connectivity index (χ3n) is 2.90. The van der Waals surface area contributed by atoms with E-state index in [9.17, 15) is 5.11 Å². The highest BCUT2D eigenvalue weighted by Crippen LogP contribution is 2.63. The number of aromatic hydroxyl groups is 1. The zero-order valence-electron chi connectivity index (χ0n) is 9.52. The van der Waals surface area contributed by atoms with Gasteiger partial charge in [-0.3, -0.25) is 0 Å². The molecule has 2 aliphatic rings. The molecule has 0 spiro atoms. The fourth-order valence-electron chi connectivity index (χ4n) is 2.11. The molecule has 0 atom stereocenters. The Bertz CT molecular complexity index is 482. The van der Waals surface area contributed by atoms with Crippen LogP contribution in [0.2, 0.25) is 0 Å². The van der Waals surface area contributed by atoms with Crippen LogP contribution in [-0.2, 0) is 13.0 Å². The van der Waals surface area contributed by atoms with E-state index in [1.54, 1.807) is 58.2 Å². The average molecular weight is 338 g/mol. The highest BCUT2D eigenvalue weighted by molar-refractivity contribution is 9.36. The second kappa shape index (κ2) is 5.88. The Kier molecular flexibility index (Phi) is 4.42. The topological polar surface area (TPSA) is 41.5 Å². The molecule has 0 saturated carbocycles. The van der Waals surface area contributed by atoms with E-state index in [-0.39, 0.29) is 0 Å².